The average molecular weight is 327 g/mol. The summed E-state index contributed by atoms with van der Waals surface area (Å²) in [6.45, 7) is 9.60. The highest BCUT2D eigenvalue weighted by molar-refractivity contribution is 5.68. The van der Waals surface area contributed by atoms with Crippen LogP contribution in [0.1, 0.15) is 11.1 Å². The topological polar surface area (TPSA) is 76.3 Å². The molecule has 3 rings (SSSR count). The van der Waals surface area contributed by atoms with Crippen molar-refractivity contribution in [3.8, 4) is 11.3 Å². The zero-order valence-corrected chi connectivity index (χ0v) is 14.4. The van der Waals surface area contributed by atoms with E-state index in [2.05, 4.69) is 46.2 Å². The maximum absolute atomic E-state index is 5.91. The third kappa shape index (κ3) is 4.01. The molecule has 6 nitrogen and oxygen atoms in total. The fourth-order valence-corrected chi connectivity index (χ4v) is 2.89. The van der Waals surface area contributed by atoms with E-state index in [9.17, 15) is 0 Å². The summed E-state index contributed by atoms with van der Waals surface area (Å²) in [6, 6.07) is 8.19. The predicted molar refractivity (Wildman–Crippen MR) is 97.1 cm³/mol. The highest BCUT2D eigenvalue weighted by atomic mass is 16.5. The van der Waals surface area contributed by atoms with Crippen LogP contribution in [0.3, 0.4) is 0 Å². The van der Waals surface area contributed by atoms with Gasteiger partial charge >= 0.3 is 0 Å². The Morgan fingerprint density at radius 1 is 1.21 bits per heavy atom. The lowest BCUT2D eigenvalue weighted by atomic mass is 10.0. The maximum Gasteiger partial charge on any atom is 0.222 e. The van der Waals surface area contributed by atoms with E-state index in [1.54, 1.807) is 0 Å². The molecule has 128 valence electrons. The first-order valence-corrected chi connectivity index (χ1v) is 8.38. The van der Waals surface area contributed by atoms with Crippen LogP contribution in [-0.4, -0.2) is 54.3 Å². The highest BCUT2D eigenvalue weighted by Crippen LogP contribution is 2.25. The maximum atomic E-state index is 5.91. The zero-order chi connectivity index (χ0) is 16.9. The van der Waals surface area contributed by atoms with Gasteiger partial charge in [0.25, 0.3) is 0 Å². The molecule has 0 unspecified atom stereocenters. The number of benzene rings is 1. The minimum Gasteiger partial charge on any atom is -0.379 e. The Balaban J connectivity index is 1.70. The van der Waals surface area contributed by atoms with Crippen molar-refractivity contribution < 1.29 is 4.74 Å². The second-order valence-corrected chi connectivity index (χ2v) is 6.12. The molecule has 0 aliphatic carbocycles. The van der Waals surface area contributed by atoms with E-state index < -0.39 is 0 Å². The lowest BCUT2D eigenvalue weighted by Crippen LogP contribution is -2.39. The van der Waals surface area contributed by atoms with Crippen LogP contribution in [0, 0.1) is 13.8 Å². The summed E-state index contributed by atoms with van der Waals surface area (Å²) >= 11 is 0. The molecule has 0 amide bonds. The number of nitrogen functional groups attached to an aromatic ring is 1. The predicted octanol–water partition coefficient (Wildman–Crippen LogP) is 2.09. The van der Waals surface area contributed by atoms with Gasteiger partial charge in [0, 0.05) is 37.8 Å². The molecule has 0 saturated carbocycles. The highest BCUT2D eigenvalue weighted by Gasteiger charge is 2.11. The van der Waals surface area contributed by atoms with Crippen molar-refractivity contribution in [2.24, 2.45) is 0 Å². The monoisotopic (exact) mass is 327 g/mol. The fourth-order valence-electron chi connectivity index (χ4n) is 2.89. The van der Waals surface area contributed by atoms with Crippen LogP contribution >= 0.6 is 0 Å². The van der Waals surface area contributed by atoms with Crippen LogP contribution in [-0.2, 0) is 4.74 Å². The molecule has 1 aromatic carbocycles. The Kier molecular flexibility index (Phi) is 5.27. The third-order valence-electron chi connectivity index (χ3n) is 4.46. The first-order valence-electron chi connectivity index (χ1n) is 8.38. The van der Waals surface area contributed by atoms with Gasteiger partial charge in [0.05, 0.1) is 18.9 Å². The Hall–Kier alpha value is -2.18. The van der Waals surface area contributed by atoms with Gasteiger partial charge < -0.3 is 15.8 Å². The SMILES string of the molecule is Cc1cccc(-c2cc(NCCN3CCOCC3)nc(N)n2)c1C. The average Bonchev–Trinajstić information content (AvgIpc) is 2.58. The van der Waals surface area contributed by atoms with Crippen LogP contribution < -0.4 is 11.1 Å². The van der Waals surface area contributed by atoms with E-state index in [1.165, 1.54) is 11.1 Å². The number of hydrogen-bond acceptors (Lipinski definition) is 6. The number of nitrogens with zero attached hydrogens (tertiary/aromatic N) is 3. The Labute approximate surface area is 143 Å². The number of ether oxygens (including phenoxy) is 1. The van der Waals surface area contributed by atoms with E-state index in [0.29, 0.717) is 5.95 Å². The van der Waals surface area contributed by atoms with Crippen molar-refractivity contribution in [3.05, 3.63) is 35.4 Å². The molecular formula is C18H25N5O. The smallest absolute Gasteiger partial charge is 0.222 e. The first kappa shape index (κ1) is 16.7. The summed E-state index contributed by atoms with van der Waals surface area (Å²) in [7, 11) is 0. The lowest BCUT2D eigenvalue weighted by Gasteiger charge is -2.26. The van der Waals surface area contributed by atoms with Crippen LogP contribution in [0.25, 0.3) is 11.3 Å². The number of anilines is 2. The van der Waals surface area contributed by atoms with Gasteiger partial charge in [-0.3, -0.25) is 4.90 Å². The molecule has 1 saturated heterocycles. The number of hydrogen-bond donors (Lipinski definition) is 2. The van der Waals surface area contributed by atoms with E-state index in [-0.39, 0.29) is 0 Å². The second-order valence-electron chi connectivity index (χ2n) is 6.12. The summed E-state index contributed by atoms with van der Waals surface area (Å²) in [6.07, 6.45) is 0. The minimum atomic E-state index is 0.294. The second kappa shape index (κ2) is 7.59. The van der Waals surface area contributed by atoms with Gasteiger partial charge in [-0.05, 0) is 25.0 Å². The molecule has 0 bridgehead atoms. The van der Waals surface area contributed by atoms with Crippen molar-refractivity contribution in [1.29, 1.82) is 0 Å². The molecule has 0 radical (unpaired) electrons. The largest absolute Gasteiger partial charge is 0.379 e. The van der Waals surface area contributed by atoms with Gasteiger partial charge in [-0.15, -0.1) is 0 Å². The molecule has 0 atom stereocenters. The Morgan fingerprint density at radius 2 is 2.00 bits per heavy atom. The normalized spacial score (nSPS) is 15.4. The Bertz CT molecular complexity index is 698. The van der Waals surface area contributed by atoms with Crippen LogP contribution in [0.4, 0.5) is 11.8 Å². The van der Waals surface area contributed by atoms with E-state index >= 15 is 0 Å². The van der Waals surface area contributed by atoms with Crippen LogP contribution in [0.5, 0.6) is 0 Å². The molecule has 1 fully saturated rings. The summed E-state index contributed by atoms with van der Waals surface area (Å²) < 4.78 is 5.37. The molecule has 1 aliphatic rings. The van der Waals surface area contributed by atoms with Gasteiger partial charge in [0.1, 0.15) is 5.82 Å². The molecule has 1 aromatic heterocycles. The molecular weight excluding hydrogens is 302 g/mol. The van der Waals surface area contributed by atoms with Crippen molar-refractivity contribution in [3.63, 3.8) is 0 Å². The molecule has 2 heterocycles. The summed E-state index contributed by atoms with van der Waals surface area (Å²) in [5, 5.41) is 3.36. The lowest BCUT2D eigenvalue weighted by molar-refractivity contribution is 0.0398. The molecule has 3 N–H and O–H groups in total. The first-order chi connectivity index (χ1) is 11.6. The molecule has 1 aliphatic heterocycles. The number of nitrogens with one attached hydrogen (secondary N) is 1. The third-order valence-corrected chi connectivity index (χ3v) is 4.46. The number of rotatable bonds is 5. The minimum absolute atomic E-state index is 0.294. The van der Waals surface area contributed by atoms with E-state index in [1.807, 2.05) is 12.1 Å². The molecule has 6 heteroatoms. The van der Waals surface area contributed by atoms with Crippen LogP contribution in [0.15, 0.2) is 24.3 Å². The molecule has 2 aromatic rings. The summed E-state index contributed by atoms with van der Waals surface area (Å²) in [5.41, 5.74) is 10.3. The fraction of sp³-hybridized carbons (Fsp3) is 0.444. The number of aryl methyl sites for hydroxylation is 1. The number of aromatic nitrogens is 2. The van der Waals surface area contributed by atoms with Gasteiger partial charge in [0.15, 0.2) is 0 Å². The summed E-state index contributed by atoms with van der Waals surface area (Å²) in [5.74, 6) is 1.06. The van der Waals surface area contributed by atoms with E-state index in [0.717, 1.165) is 56.5 Å². The van der Waals surface area contributed by atoms with E-state index in [4.69, 9.17) is 10.5 Å². The van der Waals surface area contributed by atoms with Crippen molar-refractivity contribution in [2.75, 3.05) is 50.4 Å². The standard InChI is InChI=1S/C18H25N5O/c1-13-4-3-5-15(14(13)2)16-12-17(22-18(19)21-16)20-6-7-23-8-10-24-11-9-23/h3-5,12H,6-11H2,1-2H3,(H3,19,20,21,22). The van der Waals surface area contributed by atoms with Gasteiger partial charge in [0.2, 0.25) is 5.95 Å². The molecule has 0 spiro atoms. The van der Waals surface area contributed by atoms with Crippen molar-refractivity contribution in [1.82, 2.24) is 14.9 Å². The van der Waals surface area contributed by atoms with Gasteiger partial charge in [-0.2, -0.15) is 4.98 Å². The summed E-state index contributed by atoms with van der Waals surface area (Å²) in [4.78, 5) is 11.1. The Morgan fingerprint density at radius 3 is 2.79 bits per heavy atom. The van der Waals surface area contributed by atoms with Crippen molar-refractivity contribution in [2.45, 2.75) is 13.8 Å². The molecule has 24 heavy (non-hydrogen) atoms. The zero-order valence-electron chi connectivity index (χ0n) is 14.4. The number of morpholine rings is 1. The van der Waals surface area contributed by atoms with Crippen molar-refractivity contribution >= 4 is 11.8 Å². The quantitative estimate of drug-likeness (QED) is 0.876. The van der Waals surface area contributed by atoms with Gasteiger partial charge in [-0.1, -0.05) is 18.2 Å². The van der Waals surface area contributed by atoms with Gasteiger partial charge in [-0.25, -0.2) is 4.98 Å². The number of nitrogens with two attached hydrogens (primary N) is 1. The van der Waals surface area contributed by atoms with Crippen LogP contribution in [0.2, 0.25) is 0 Å².